The zero-order valence-electron chi connectivity index (χ0n) is 12.7. The average Bonchev–Trinajstić information content (AvgIpc) is 2.37. The summed E-state index contributed by atoms with van der Waals surface area (Å²) in [7, 11) is 0. The average molecular weight is 332 g/mol. The lowest BCUT2D eigenvalue weighted by Crippen LogP contribution is -2.09. The topological polar surface area (TPSA) is 0 Å². The van der Waals surface area contributed by atoms with Crippen molar-refractivity contribution in [3.05, 3.63) is 58.1 Å². The van der Waals surface area contributed by atoms with Crippen LogP contribution < -0.4 is 0 Å². The maximum absolute atomic E-state index is 13.0. The first kappa shape index (κ1) is 17.4. The molecule has 0 radical (unpaired) electrons. The zero-order valence-corrected chi connectivity index (χ0v) is 12.7. The number of rotatable bonds is 1. The number of aryl methyl sites for hydroxylation is 3. The van der Waals surface area contributed by atoms with E-state index in [4.69, 9.17) is 0 Å². The molecule has 0 bridgehead atoms. The van der Waals surface area contributed by atoms with Gasteiger partial charge in [0.1, 0.15) is 0 Å². The molecule has 0 aromatic heterocycles. The zero-order chi connectivity index (χ0) is 17.6. The van der Waals surface area contributed by atoms with Gasteiger partial charge in [-0.3, -0.25) is 0 Å². The van der Waals surface area contributed by atoms with Crippen LogP contribution in [-0.4, -0.2) is 0 Å². The van der Waals surface area contributed by atoms with E-state index >= 15 is 0 Å². The smallest absolute Gasteiger partial charge is 0.166 e. The summed E-state index contributed by atoms with van der Waals surface area (Å²) < 4.78 is 78.1. The Labute approximate surface area is 129 Å². The highest BCUT2D eigenvalue weighted by molar-refractivity contribution is 5.70. The lowest BCUT2D eigenvalue weighted by atomic mass is 9.92. The molecule has 0 N–H and O–H groups in total. The fourth-order valence-electron chi connectivity index (χ4n) is 2.56. The first-order valence-corrected chi connectivity index (χ1v) is 6.78. The normalized spacial score (nSPS) is 12.6. The van der Waals surface area contributed by atoms with E-state index in [0.29, 0.717) is 5.56 Å². The fourth-order valence-corrected chi connectivity index (χ4v) is 2.56. The highest BCUT2D eigenvalue weighted by Crippen LogP contribution is 2.39. The molecule has 0 unspecified atom stereocenters. The van der Waals surface area contributed by atoms with E-state index in [9.17, 15) is 26.3 Å². The van der Waals surface area contributed by atoms with Crippen LogP contribution in [0.5, 0.6) is 0 Å². The summed E-state index contributed by atoms with van der Waals surface area (Å²) in [6.45, 7) is 4.22. The highest BCUT2D eigenvalue weighted by Gasteiger charge is 2.34. The summed E-state index contributed by atoms with van der Waals surface area (Å²) in [6, 6.07) is 5.82. The Morgan fingerprint density at radius 2 is 1.13 bits per heavy atom. The van der Waals surface area contributed by atoms with E-state index in [1.807, 2.05) is 0 Å². The van der Waals surface area contributed by atoms with E-state index in [-0.39, 0.29) is 22.3 Å². The molecule has 23 heavy (non-hydrogen) atoms. The van der Waals surface area contributed by atoms with Gasteiger partial charge in [-0.25, -0.2) is 0 Å². The van der Waals surface area contributed by atoms with Gasteiger partial charge < -0.3 is 0 Å². The summed E-state index contributed by atoms with van der Waals surface area (Å²) in [5, 5.41) is 0. The molecule has 0 aliphatic carbocycles. The molecule has 0 atom stereocenters. The maximum Gasteiger partial charge on any atom is 0.416 e. The minimum Gasteiger partial charge on any atom is -0.166 e. The molecular formula is C17H14F6. The molecule has 0 aliphatic rings. The molecule has 0 amide bonds. The Morgan fingerprint density at radius 3 is 1.65 bits per heavy atom. The molecule has 2 aromatic rings. The SMILES string of the molecule is Cc1cc(C)c(C(F)(F)F)cc1-c1ccc(C)c(C(F)(F)F)c1. The monoisotopic (exact) mass is 332 g/mol. The Hall–Kier alpha value is -1.98. The molecule has 6 heteroatoms. The van der Waals surface area contributed by atoms with Gasteiger partial charge in [0.15, 0.2) is 0 Å². The predicted octanol–water partition coefficient (Wildman–Crippen LogP) is 6.32. The van der Waals surface area contributed by atoms with Gasteiger partial charge in [0.2, 0.25) is 0 Å². The van der Waals surface area contributed by atoms with Crippen LogP contribution in [0, 0.1) is 20.8 Å². The van der Waals surface area contributed by atoms with Gasteiger partial charge in [0, 0.05) is 0 Å². The summed E-state index contributed by atoms with van der Waals surface area (Å²) in [5.74, 6) is 0. The molecule has 2 aromatic carbocycles. The van der Waals surface area contributed by atoms with Crippen molar-refractivity contribution in [2.45, 2.75) is 33.1 Å². The Morgan fingerprint density at radius 1 is 0.609 bits per heavy atom. The standard InChI is InChI=1S/C17H14F6/c1-9-4-5-12(7-14(9)16(18,19)20)13-8-15(17(21,22)23)11(3)6-10(13)2/h4-8H,1-3H3. The molecule has 0 heterocycles. The second-order valence-corrected chi connectivity index (χ2v) is 5.51. The van der Waals surface area contributed by atoms with Crippen LogP contribution in [0.3, 0.4) is 0 Å². The van der Waals surface area contributed by atoms with Crippen LogP contribution in [0.1, 0.15) is 27.8 Å². The lowest BCUT2D eigenvalue weighted by Gasteiger charge is -2.17. The summed E-state index contributed by atoms with van der Waals surface area (Å²) >= 11 is 0. The number of hydrogen-bond donors (Lipinski definition) is 0. The minimum atomic E-state index is -4.55. The van der Waals surface area contributed by atoms with Crippen LogP contribution in [0.25, 0.3) is 11.1 Å². The van der Waals surface area contributed by atoms with E-state index < -0.39 is 23.5 Å². The largest absolute Gasteiger partial charge is 0.416 e. The summed E-state index contributed by atoms with van der Waals surface area (Å²) in [4.78, 5) is 0. The van der Waals surface area contributed by atoms with Gasteiger partial charge in [0.05, 0.1) is 11.1 Å². The van der Waals surface area contributed by atoms with Crippen LogP contribution in [0.2, 0.25) is 0 Å². The van der Waals surface area contributed by atoms with Gasteiger partial charge in [-0.05, 0) is 60.7 Å². The Balaban J connectivity index is 2.68. The van der Waals surface area contributed by atoms with E-state index in [1.54, 1.807) is 6.92 Å². The second kappa shape index (κ2) is 5.58. The Kier molecular flexibility index (Phi) is 4.22. The van der Waals surface area contributed by atoms with Gasteiger partial charge in [-0.15, -0.1) is 0 Å². The van der Waals surface area contributed by atoms with E-state index in [0.717, 1.165) is 12.1 Å². The molecule has 2 rings (SSSR count). The van der Waals surface area contributed by atoms with Crippen molar-refractivity contribution >= 4 is 0 Å². The van der Waals surface area contributed by atoms with Crippen molar-refractivity contribution in [2.75, 3.05) is 0 Å². The minimum absolute atomic E-state index is 0.0297. The number of halogens is 6. The molecule has 0 spiro atoms. The van der Waals surface area contributed by atoms with Gasteiger partial charge in [-0.2, -0.15) is 26.3 Å². The fraction of sp³-hybridized carbons (Fsp3) is 0.294. The molecule has 0 aliphatic heterocycles. The van der Waals surface area contributed by atoms with Gasteiger partial charge in [0.25, 0.3) is 0 Å². The van der Waals surface area contributed by atoms with Crippen LogP contribution in [0.15, 0.2) is 30.3 Å². The van der Waals surface area contributed by atoms with Crippen molar-refractivity contribution in [2.24, 2.45) is 0 Å². The molecule has 0 saturated heterocycles. The van der Waals surface area contributed by atoms with Crippen molar-refractivity contribution in [3.8, 4) is 11.1 Å². The van der Waals surface area contributed by atoms with Crippen molar-refractivity contribution in [3.63, 3.8) is 0 Å². The van der Waals surface area contributed by atoms with Crippen molar-refractivity contribution in [1.82, 2.24) is 0 Å². The van der Waals surface area contributed by atoms with Crippen LogP contribution in [-0.2, 0) is 12.4 Å². The predicted molar refractivity (Wildman–Crippen MR) is 76.1 cm³/mol. The number of hydrogen-bond acceptors (Lipinski definition) is 0. The molecule has 0 nitrogen and oxygen atoms in total. The highest BCUT2D eigenvalue weighted by atomic mass is 19.4. The molecule has 124 valence electrons. The third-order valence-corrected chi connectivity index (χ3v) is 3.73. The first-order valence-electron chi connectivity index (χ1n) is 6.78. The third kappa shape index (κ3) is 3.51. The quantitative estimate of drug-likeness (QED) is 0.536. The number of alkyl halides is 6. The third-order valence-electron chi connectivity index (χ3n) is 3.73. The maximum atomic E-state index is 13.0. The second-order valence-electron chi connectivity index (χ2n) is 5.51. The number of benzene rings is 2. The Bertz CT molecular complexity index is 738. The first-order chi connectivity index (χ1) is 10.4. The summed E-state index contributed by atoms with van der Waals surface area (Å²) in [5.41, 5.74) is -0.855. The van der Waals surface area contributed by atoms with Gasteiger partial charge >= 0.3 is 12.4 Å². The van der Waals surface area contributed by atoms with Gasteiger partial charge in [-0.1, -0.05) is 18.2 Å². The van der Waals surface area contributed by atoms with Crippen molar-refractivity contribution in [1.29, 1.82) is 0 Å². The van der Waals surface area contributed by atoms with Crippen LogP contribution in [0.4, 0.5) is 26.3 Å². The molecular weight excluding hydrogens is 318 g/mol. The molecule has 0 fully saturated rings. The van der Waals surface area contributed by atoms with Crippen molar-refractivity contribution < 1.29 is 26.3 Å². The van der Waals surface area contributed by atoms with E-state index in [2.05, 4.69) is 0 Å². The lowest BCUT2D eigenvalue weighted by molar-refractivity contribution is -0.139. The van der Waals surface area contributed by atoms with E-state index in [1.165, 1.54) is 32.0 Å². The summed E-state index contributed by atoms with van der Waals surface area (Å²) in [6.07, 6.45) is -9.10. The van der Waals surface area contributed by atoms with Crippen LogP contribution >= 0.6 is 0 Å². The molecule has 0 saturated carbocycles.